The van der Waals surface area contributed by atoms with Crippen molar-refractivity contribution in [2.45, 2.75) is 20.8 Å². The van der Waals surface area contributed by atoms with Gasteiger partial charge < -0.3 is 4.90 Å². The molecule has 0 spiro atoms. The van der Waals surface area contributed by atoms with Crippen LogP contribution in [0.1, 0.15) is 19.4 Å². The number of nitriles is 1. The van der Waals surface area contributed by atoms with E-state index in [4.69, 9.17) is 16.9 Å². The van der Waals surface area contributed by atoms with E-state index in [1.54, 1.807) is 30.3 Å². The number of benzene rings is 1. The molecule has 0 aliphatic heterocycles. The van der Waals surface area contributed by atoms with Gasteiger partial charge in [0.1, 0.15) is 5.82 Å². The smallest absolute Gasteiger partial charge is 0.222 e. The number of hydrogen-bond donors (Lipinski definition) is 0. The standard InChI is InChI=1S/C17H18ClFN4/c1-11-8-21-16(18)22-15(11)12-5-6-14(13(19)7-12)23(4)10-17(2,3)9-20/h5-8H,10H2,1-4H3. The Balaban J connectivity index is 2.35. The van der Waals surface area contributed by atoms with Crippen molar-refractivity contribution < 1.29 is 4.39 Å². The van der Waals surface area contributed by atoms with Crippen molar-refractivity contribution in [1.82, 2.24) is 9.97 Å². The van der Waals surface area contributed by atoms with Gasteiger partial charge in [-0.25, -0.2) is 14.4 Å². The summed E-state index contributed by atoms with van der Waals surface area (Å²) >= 11 is 5.82. The van der Waals surface area contributed by atoms with Crippen LogP contribution in [0.4, 0.5) is 10.1 Å². The third-order valence-electron chi connectivity index (χ3n) is 3.51. The van der Waals surface area contributed by atoms with E-state index >= 15 is 0 Å². The molecular weight excluding hydrogens is 315 g/mol. The third-order valence-corrected chi connectivity index (χ3v) is 3.69. The zero-order chi connectivity index (χ0) is 17.2. The molecule has 4 nitrogen and oxygen atoms in total. The minimum Gasteiger partial charge on any atom is -0.371 e. The molecule has 0 fully saturated rings. The van der Waals surface area contributed by atoms with Crippen molar-refractivity contribution >= 4 is 17.3 Å². The highest BCUT2D eigenvalue weighted by molar-refractivity contribution is 6.28. The second-order valence-electron chi connectivity index (χ2n) is 6.19. The second kappa shape index (κ2) is 6.51. The van der Waals surface area contributed by atoms with Gasteiger partial charge in [0.15, 0.2) is 0 Å². The highest BCUT2D eigenvalue weighted by Gasteiger charge is 2.21. The van der Waals surface area contributed by atoms with E-state index in [1.165, 1.54) is 6.07 Å². The molecule has 6 heteroatoms. The van der Waals surface area contributed by atoms with Gasteiger partial charge in [-0.15, -0.1) is 0 Å². The Bertz CT molecular complexity index is 768. The average molecular weight is 333 g/mol. The van der Waals surface area contributed by atoms with Gasteiger partial charge in [-0.05, 0) is 50.1 Å². The third kappa shape index (κ3) is 3.96. The zero-order valence-corrected chi connectivity index (χ0v) is 14.3. The van der Waals surface area contributed by atoms with Crippen LogP contribution in [-0.2, 0) is 0 Å². The van der Waals surface area contributed by atoms with Crippen LogP contribution in [0.5, 0.6) is 0 Å². The molecule has 0 radical (unpaired) electrons. The van der Waals surface area contributed by atoms with Crippen molar-refractivity contribution in [3.8, 4) is 17.3 Å². The first-order valence-corrected chi connectivity index (χ1v) is 7.53. The Hall–Kier alpha value is -2.19. The van der Waals surface area contributed by atoms with Crippen LogP contribution in [-0.4, -0.2) is 23.6 Å². The van der Waals surface area contributed by atoms with Crippen LogP contribution in [0.2, 0.25) is 5.28 Å². The molecule has 0 N–H and O–H groups in total. The Morgan fingerprint density at radius 1 is 1.39 bits per heavy atom. The molecule has 0 amide bonds. The largest absolute Gasteiger partial charge is 0.371 e. The molecule has 1 aromatic heterocycles. The summed E-state index contributed by atoms with van der Waals surface area (Å²) in [6.45, 7) is 5.92. The van der Waals surface area contributed by atoms with Gasteiger partial charge >= 0.3 is 0 Å². The fourth-order valence-corrected chi connectivity index (χ4v) is 2.52. The maximum absolute atomic E-state index is 14.5. The van der Waals surface area contributed by atoms with E-state index in [0.717, 1.165) is 5.56 Å². The Morgan fingerprint density at radius 2 is 2.09 bits per heavy atom. The Labute approximate surface area is 140 Å². The summed E-state index contributed by atoms with van der Waals surface area (Å²) < 4.78 is 14.5. The van der Waals surface area contributed by atoms with Crippen molar-refractivity contribution in [3.63, 3.8) is 0 Å². The van der Waals surface area contributed by atoms with Crippen LogP contribution in [0.25, 0.3) is 11.3 Å². The van der Waals surface area contributed by atoms with Crippen LogP contribution >= 0.6 is 11.6 Å². The van der Waals surface area contributed by atoms with Gasteiger partial charge in [-0.2, -0.15) is 5.26 Å². The van der Waals surface area contributed by atoms with E-state index < -0.39 is 5.41 Å². The lowest BCUT2D eigenvalue weighted by Gasteiger charge is -2.26. The first kappa shape index (κ1) is 17.2. The molecule has 0 saturated heterocycles. The predicted octanol–water partition coefficient (Wildman–Crippen LogP) is 4.23. The molecule has 2 rings (SSSR count). The van der Waals surface area contributed by atoms with Crippen LogP contribution in [0.3, 0.4) is 0 Å². The summed E-state index contributed by atoms with van der Waals surface area (Å²) in [6.07, 6.45) is 1.61. The van der Waals surface area contributed by atoms with Gasteiger partial charge in [-0.3, -0.25) is 0 Å². The van der Waals surface area contributed by atoms with E-state index in [2.05, 4.69) is 16.0 Å². The molecule has 1 aromatic carbocycles. The molecule has 0 unspecified atom stereocenters. The summed E-state index contributed by atoms with van der Waals surface area (Å²) in [5, 5.41) is 9.24. The van der Waals surface area contributed by atoms with Gasteiger partial charge in [0.25, 0.3) is 0 Å². The lowest BCUT2D eigenvalue weighted by atomic mass is 9.95. The van der Waals surface area contributed by atoms with E-state index in [0.29, 0.717) is 23.5 Å². The van der Waals surface area contributed by atoms with Gasteiger partial charge in [0.05, 0.1) is 22.9 Å². The molecule has 1 heterocycles. The first-order chi connectivity index (χ1) is 10.7. The van der Waals surface area contributed by atoms with Crippen molar-refractivity contribution in [3.05, 3.63) is 41.1 Å². The highest BCUT2D eigenvalue weighted by atomic mass is 35.5. The van der Waals surface area contributed by atoms with E-state index in [-0.39, 0.29) is 11.1 Å². The summed E-state index contributed by atoms with van der Waals surface area (Å²) in [4.78, 5) is 9.81. The maximum atomic E-state index is 14.5. The van der Waals surface area contributed by atoms with Crippen LogP contribution in [0, 0.1) is 29.5 Å². The van der Waals surface area contributed by atoms with Crippen molar-refractivity contribution in [2.75, 3.05) is 18.5 Å². The number of aromatic nitrogens is 2. The van der Waals surface area contributed by atoms with Crippen molar-refractivity contribution in [1.29, 1.82) is 5.26 Å². The number of nitrogens with zero attached hydrogens (tertiary/aromatic N) is 4. The topological polar surface area (TPSA) is 52.8 Å². The van der Waals surface area contributed by atoms with Gasteiger partial charge in [0.2, 0.25) is 5.28 Å². The molecule has 0 bridgehead atoms. The summed E-state index contributed by atoms with van der Waals surface area (Å²) in [6, 6.07) is 7.12. The van der Waals surface area contributed by atoms with Crippen LogP contribution < -0.4 is 4.90 Å². The van der Waals surface area contributed by atoms with Crippen LogP contribution in [0.15, 0.2) is 24.4 Å². The number of hydrogen-bond acceptors (Lipinski definition) is 4. The Morgan fingerprint density at radius 3 is 2.70 bits per heavy atom. The number of aryl methyl sites for hydroxylation is 1. The predicted molar refractivity (Wildman–Crippen MR) is 89.8 cm³/mol. The number of anilines is 1. The molecular formula is C17H18ClFN4. The summed E-state index contributed by atoms with van der Waals surface area (Å²) in [5.41, 5.74) is 1.95. The fourth-order valence-electron chi connectivity index (χ4n) is 2.39. The van der Waals surface area contributed by atoms with E-state index in [1.807, 2.05) is 20.8 Å². The lowest BCUT2D eigenvalue weighted by Crippen LogP contribution is -2.30. The number of halogens is 2. The molecule has 0 atom stereocenters. The monoisotopic (exact) mass is 332 g/mol. The summed E-state index contributed by atoms with van der Waals surface area (Å²) in [7, 11) is 1.77. The minimum absolute atomic E-state index is 0.128. The quantitative estimate of drug-likeness (QED) is 0.786. The molecule has 120 valence electrons. The van der Waals surface area contributed by atoms with E-state index in [9.17, 15) is 4.39 Å². The summed E-state index contributed by atoms with van der Waals surface area (Å²) in [5.74, 6) is -0.368. The highest BCUT2D eigenvalue weighted by Crippen LogP contribution is 2.28. The fraction of sp³-hybridized carbons (Fsp3) is 0.353. The minimum atomic E-state index is -0.559. The molecule has 0 aliphatic carbocycles. The second-order valence-corrected chi connectivity index (χ2v) is 6.53. The average Bonchev–Trinajstić information content (AvgIpc) is 2.49. The zero-order valence-electron chi connectivity index (χ0n) is 13.6. The van der Waals surface area contributed by atoms with Gasteiger partial charge in [0, 0.05) is 25.4 Å². The normalized spacial score (nSPS) is 11.2. The SMILES string of the molecule is Cc1cnc(Cl)nc1-c1ccc(N(C)CC(C)(C)C#N)c(F)c1. The van der Waals surface area contributed by atoms with Gasteiger partial charge in [-0.1, -0.05) is 6.07 Å². The van der Waals surface area contributed by atoms with Crippen molar-refractivity contribution in [2.24, 2.45) is 5.41 Å². The molecule has 2 aromatic rings. The molecule has 0 saturated carbocycles. The molecule has 23 heavy (non-hydrogen) atoms. The lowest BCUT2D eigenvalue weighted by molar-refractivity contribution is 0.493. The first-order valence-electron chi connectivity index (χ1n) is 7.15. The maximum Gasteiger partial charge on any atom is 0.222 e. The Kier molecular flexibility index (Phi) is 4.86. The number of rotatable bonds is 4. The molecule has 0 aliphatic rings.